The molecule has 15 heteroatoms. The number of carbonyl (C=O) groups excluding carboxylic acids is 7. The van der Waals surface area contributed by atoms with Gasteiger partial charge < -0.3 is 34.5 Å². The third-order valence-corrected chi connectivity index (χ3v) is 14.4. The highest BCUT2D eigenvalue weighted by Crippen LogP contribution is 2.20. The van der Waals surface area contributed by atoms with Crippen molar-refractivity contribution in [3.63, 3.8) is 0 Å². The van der Waals surface area contributed by atoms with Crippen LogP contribution < -0.4 is 10.6 Å². The molecule has 1 saturated heterocycles. The predicted molar refractivity (Wildman–Crippen MR) is 305 cm³/mol. The molecule has 1 aliphatic heterocycles. The Labute approximate surface area is 463 Å². The van der Waals surface area contributed by atoms with Gasteiger partial charge in [0.15, 0.2) is 0 Å². The molecule has 0 saturated carbocycles. The van der Waals surface area contributed by atoms with Crippen LogP contribution >= 0.6 is 11.8 Å². The Bertz CT molecular complexity index is 1810. The van der Waals surface area contributed by atoms with Gasteiger partial charge in [-0.25, -0.2) is 4.79 Å². The minimum Gasteiger partial charge on any atom is -0.462 e. The summed E-state index contributed by atoms with van der Waals surface area (Å²) in [7, 11) is 0. The first kappa shape index (κ1) is 68.0. The summed E-state index contributed by atoms with van der Waals surface area (Å²) in [6.45, 7) is 14.8. The summed E-state index contributed by atoms with van der Waals surface area (Å²) in [6.07, 6.45) is 31.2. The van der Waals surface area contributed by atoms with Crippen molar-refractivity contribution in [3.8, 4) is 0 Å². The molecule has 14 nitrogen and oxygen atoms in total. The highest BCUT2D eigenvalue weighted by molar-refractivity contribution is 7.99. The maximum absolute atomic E-state index is 13.8. The quantitative estimate of drug-likeness (QED) is 0.0359. The molecule has 0 bridgehead atoms. The van der Waals surface area contributed by atoms with Gasteiger partial charge in [-0.2, -0.15) is 11.8 Å². The number of thioether (sulfide) groups is 1. The molecule has 2 rings (SSSR count). The van der Waals surface area contributed by atoms with E-state index in [2.05, 4.69) is 24.5 Å². The number of esters is 4. The van der Waals surface area contributed by atoms with E-state index in [-0.39, 0.29) is 79.8 Å². The second-order valence-electron chi connectivity index (χ2n) is 23.0. The summed E-state index contributed by atoms with van der Waals surface area (Å²) >= 11 is 1.35. The molecule has 0 unspecified atom stereocenters. The van der Waals surface area contributed by atoms with E-state index in [1.807, 2.05) is 0 Å². The van der Waals surface area contributed by atoms with Crippen LogP contribution in [-0.4, -0.2) is 101 Å². The molecule has 1 aromatic rings. The smallest absolute Gasteiger partial charge is 0.329 e. The fraction of sp³-hybridized carbons (Fsp3) is 0.787. The molecule has 1 aromatic carbocycles. The lowest BCUT2D eigenvalue weighted by Crippen LogP contribution is -2.58. The summed E-state index contributed by atoms with van der Waals surface area (Å²) in [5.74, 6) is -2.49. The summed E-state index contributed by atoms with van der Waals surface area (Å²) in [4.78, 5) is 93.0. The fourth-order valence-electron chi connectivity index (χ4n) is 9.03. The van der Waals surface area contributed by atoms with Gasteiger partial charge in [0.1, 0.15) is 36.0 Å². The Hall–Kier alpha value is -4.14. The topological polar surface area (TPSA) is 184 Å². The minimum atomic E-state index is -1.11. The van der Waals surface area contributed by atoms with Gasteiger partial charge >= 0.3 is 23.9 Å². The maximum Gasteiger partial charge on any atom is 0.329 e. The van der Waals surface area contributed by atoms with Crippen LogP contribution in [0.25, 0.3) is 0 Å². The highest BCUT2D eigenvalue weighted by atomic mass is 32.2. The number of benzene rings is 1. The van der Waals surface area contributed by atoms with Gasteiger partial charge in [0.25, 0.3) is 5.91 Å². The molecule has 1 heterocycles. The first-order valence-corrected chi connectivity index (χ1v) is 30.8. The van der Waals surface area contributed by atoms with Crippen LogP contribution in [0.2, 0.25) is 0 Å². The van der Waals surface area contributed by atoms with E-state index < -0.39 is 47.2 Å². The molecule has 0 radical (unpaired) electrons. The third kappa shape index (κ3) is 34.6. The Kier molecular flexibility index (Phi) is 35.9. The van der Waals surface area contributed by atoms with Crippen molar-refractivity contribution in [1.29, 1.82) is 0 Å². The van der Waals surface area contributed by atoms with E-state index in [1.54, 1.807) is 65.8 Å². The number of nitrogens with one attached hydrogen (secondary N) is 2. The first-order chi connectivity index (χ1) is 36.3. The molecule has 1 aliphatic rings. The molecule has 0 aromatic heterocycles. The monoisotopic (exact) mass is 1090 g/mol. The van der Waals surface area contributed by atoms with Crippen molar-refractivity contribution in [2.45, 2.75) is 284 Å². The zero-order valence-corrected chi connectivity index (χ0v) is 49.5. The fourth-order valence-corrected chi connectivity index (χ4v) is 10.1. The molecule has 3 atom stereocenters. The summed E-state index contributed by atoms with van der Waals surface area (Å²) < 4.78 is 22.5. The van der Waals surface area contributed by atoms with E-state index in [9.17, 15) is 33.6 Å². The van der Waals surface area contributed by atoms with E-state index in [1.165, 1.54) is 139 Å². The third-order valence-electron chi connectivity index (χ3n) is 13.2. The van der Waals surface area contributed by atoms with Crippen molar-refractivity contribution < 1.29 is 52.5 Å². The molecular weight excluding hydrogens is 983 g/mol. The largest absolute Gasteiger partial charge is 0.462 e. The standard InChI is InChI=1S/C61H103N3O11S/c1-9-11-13-15-17-19-21-23-25-27-29-31-33-35-54(66)72-45-50(73-55(67)36-34-32-30-28-26-24-22-20-18-16-14-12-10-2)46-76-47-52-58(70)64(44-53(65)62-52)43-48-37-39-49(40-38-48)57(69)63-51(59(71)75-61(6,7)8)41-42-56(68)74-60(3,4)5/h37-40,50-52H,9-36,41-47H2,1-8H3,(H,62,65)(H,63,69)/t50-,51+,52+/m1/s1. The van der Waals surface area contributed by atoms with Crippen LogP contribution in [0.5, 0.6) is 0 Å². The molecule has 0 aliphatic carbocycles. The van der Waals surface area contributed by atoms with Gasteiger partial charge in [0.05, 0.1) is 6.54 Å². The molecule has 1 fully saturated rings. The number of carbonyl (C=O) groups is 7. The zero-order chi connectivity index (χ0) is 56.0. The number of amides is 3. The molecule has 0 spiro atoms. The van der Waals surface area contributed by atoms with Gasteiger partial charge in [0, 0.05) is 42.9 Å². The van der Waals surface area contributed by atoms with Gasteiger partial charge in [-0.15, -0.1) is 0 Å². The average Bonchev–Trinajstić information content (AvgIpc) is 3.35. The second-order valence-corrected chi connectivity index (χ2v) is 24.1. The zero-order valence-electron chi connectivity index (χ0n) is 48.6. The lowest BCUT2D eigenvalue weighted by atomic mass is 10.0. The minimum absolute atomic E-state index is 0.0232. The molecular formula is C61H103N3O11S. The van der Waals surface area contributed by atoms with Crippen molar-refractivity contribution >= 4 is 53.4 Å². The number of hydrogen-bond acceptors (Lipinski definition) is 12. The summed E-state index contributed by atoms with van der Waals surface area (Å²) in [5, 5.41) is 5.50. The van der Waals surface area contributed by atoms with E-state index in [4.69, 9.17) is 18.9 Å². The Morgan fingerprint density at radius 3 is 1.55 bits per heavy atom. The van der Waals surface area contributed by atoms with Gasteiger partial charge in [-0.05, 0) is 78.5 Å². The van der Waals surface area contributed by atoms with Gasteiger partial charge in [-0.1, -0.05) is 180 Å². The number of rotatable bonds is 43. The number of hydrogen-bond donors (Lipinski definition) is 2. The maximum atomic E-state index is 13.8. The van der Waals surface area contributed by atoms with Crippen molar-refractivity contribution in [2.24, 2.45) is 0 Å². The molecule has 2 N–H and O–H groups in total. The Morgan fingerprint density at radius 1 is 0.618 bits per heavy atom. The second kappa shape index (κ2) is 40.1. The number of piperazine rings is 1. The van der Waals surface area contributed by atoms with Gasteiger partial charge in [-0.3, -0.25) is 28.8 Å². The van der Waals surface area contributed by atoms with Crippen LogP contribution in [0.15, 0.2) is 24.3 Å². The lowest BCUT2D eigenvalue weighted by molar-refractivity contribution is -0.158. The first-order valence-electron chi connectivity index (χ1n) is 29.7. The number of unbranched alkanes of at least 4 members (excludes halogenated alkanes) is 24. The van der Waals surface area contributed by atoms with Crippen molar-refractivity contribution in [3.05, 3.63) is 35.4 Å². The number of ether oxygens (including phenoxy) is 4. The van der Waals surface area contributed by atoms with Crippen LogP contribution in [0.1, 0.15) is 264 Å². The Morgan fingerprint density at radius 2 is 1.08 bits per heavy atom. The number of nitrogens with zero attached hydrogens (tertiary/aromatic N) is 1. The van der Waals surface area contributed by atoms with Crippen LogP contribution in [0.3, 0.4) is 0 Å². The SMILES string of the molecule is CCCCCCCCCCCCCCCC(=O)OC[C@H](CSC[C@@H]1NC(=O)CN(Cc2ccc(C(=O)N[C@@H](CCC(=O)OC(C)(C)C)C(=O)OC(C)(C)C)cc2)C1=O)OC(=O)CCCCCCCCCCCCCCC. The van der Waals surface area contributed by atoms with Crippen LogP contribution in [0.4, 0.5) is 0 Å². The van der Waals surface area contributed by atoms with Gasteiger partial charge in [0.2, 0.25) is 11.8 Å². The van der Waals surface area contributed by atoms with Crippen LogP contribution in [0, 0.1) is 0 Å². The predicted octanol–water partition coefficient (Wildman–Crippen LogP) is 13.2. The van der Waals surface area contributed by atoms with E-state index >= 15 is 0 Å². The van der Waals surface area contributed by atoms with Crippen molar-refractivity contribution in [2.75, 3.05) is 24.7 Å². The van der Waals surface area contributed by atoms with E-state index in [0.717, 1.165) is 44.9 Å². The normalized spacial score (nSPS) is 14.7. The highest BCUT2D eigenvalue weighted by Gasteiger charge is 2.33. The summed E-state index contributed by atoms with van der Waals surface area (Å²) in [6, 6.07) is 4.56. The van der Waals surface area contributed by atoms with Crippen LogP contribution in [-0.2, 0) is 54.3 Å². The molecule has 434 valence electrons. The van der Waals surface area contributed by atoms with Crippen molar-refractivity contribution in [1.82, 2.24) is 15.5 Å². The van der Waals surface area contributed by atoms with E-state index in [0.29, 0.717) is 12.0 Å². The average molecular weight is 1090 g/mol. The molecule has 76 heavy (non-hydrogen) atoms. The lowest BCUT2D eigenvalue weighted by Gasteiger charge is -2.32. The molecule has 3 amide bonds. The summed E-state index contributed by atoms with van der Waals surface area (Å²) in [5.41, 5.74) is -0.604. The Balaban J connectivity index is 1.93.